The maximum atomic E-state index is 11.5. The van der Waals surface area contributed by atoms with Crippen molar-refractivity contribution in [2.45, 2.75) is 5.92 Å². The quantitative estimate of drug-likeness (QED) is 0.831. The Kier molecular flexibility index (Phi) is 7.11. The molecular formula is C11H16Cl2N2O2. The minimum atomic E-state index is -0.145. The van der Waals surface area contributed by atoms with Crippen LogP contribution < -0.4 is 5.32 Å². The van der Waals surface area contributed by atoms with E-state index in [9.17, 15) is 4.79 Å². The molecule has 2 rings (SSSR count). The van der Waals surface area contributed by atoms with Crippen LogP contribution in [0.15, 0.2) is 24.5 Å². The van der Waals surface area contributed by atoms with E-state index in [0.29, 0.717) is 6.54 Å². The Morgan fingerprint density at radius 2 is 2.24 bits per heavy atom. The van der Waals surface area contributed by atoms with Crippen molar-refractivity contribution in [2.75, 3.05) is 20.2 Å². The maximum Gasteiger partial charge on any atom is 0.310 e. The number of carbonyl (C=O) groups is 1. The van der Waals surface area contributed by atoms with Crippen LogP contribution in [0.3, 0.4) is 0 Å². The highest BCUT2D eigenvalue weighted by atomic mass is 35.5. The molecule has 1 aromatic rings. The zero-order chi connectivity index (χ0) is 10.7. The lowest BCUT2D eigenvalue weighted by molar-refractivity contribution is -0.145. The van der Waals surface area contributed by atoms with Gasteiger partial charge < -0.3 is 10.1 Å². The monoisotopic (exact) mass is 278 g/mol. The highest BCUT2D eigenvalue weighted by molar-refractivity contribution is 5.85. The normalized spacial score (nSPS) is 22.2. The summed E-state index contributed by atoms with van der Waals surface area (Å²) in [6.45, 7) is 1.50. The molecule has 1 aromatic heterocycles. The van der Waals surface area contributed by atoms with Gasteiger partial charge in [-0.05, 0) is 11.6 Å². The summed E-state index contributed by atoms with van der Waals surface area (Å²) in [5, 5.41) is 3.21. The molecule has 0 aliphatic carbocycles. The first-order chi connectivity index (χ1) is 7.33. The van der Waals surface area contributed by atoms with Crippen LogP contribution in [-0.2, 0) is 9.53 Å². The van der Waals surface area contributed by atoms with Gasteiger partial charge in [-0.1, -0.05) is 6.07 Å². The van der Waals surface area contributed by atoms with E-state index in [1.54, 1.807) is 6.20 Å². The van der Waals surface area contributed by atoms with Crippen LogP contribution in [0, 0.1) is 5.92 Å². The van der Waals surface area contributed by atoms with Gasteiger partial charge in [-0.2, -0.15) is 0 Å². The third-order valence-electron chi connectivity index (χ3n) is 2.83. The van der Waals surface area contributed by atoms with Crippen LogP contribution >= 0.6 is 24.8 Å². The first kappa shape index (κ1) is 16.2. The van der Waals surface area contributed by atoms with Crippen LogP contribution in [0.25, 0.3) is 0 Å². The fourth-order valence-corrected chi connectivity index (χ4v) is 2.02. The first-order valence-electron chi connectivity index (χ1n) is 5.01. The van der Waals surface area contributed by atoms with Crippen molar-refractivity contribution in [1.29, 1.82) is 0 Å². The van der Waals surface area contributed by atoms with Crippen molar-refractivity contribution in [3.63, 3.8) is 0 Å². The second kappa shape index (κ2) is 7.48. The summed E-state index contributed by atoms with van der Waals surface area (Å²) in [5.74, 6) is -0.0424. The zero-order valence-corrected chi connectivity index (χ0v) is 11.1. The second-order valence-electron chi connectivity index (χ2n) is 3.68. The van der Waals surface area contributed by atoms with Gasteiger partial charge in [-0.3, -0.25) is 9.78 Å². The van der Waals surface area contributed by atoms with E-state index in [4.69, 9.17) is 4.74 Å². The molecule has 1 saturated heterocycles. The van der Waals surface area contributed by atoms with E-state index < -0.39 is 0 Å². The summed E-state index contributed by atoms with van der Waals surface area (Å²) in [6.07, 6.45) is 3.55. The molecule has 0 spiro atoms. The molecule has 17 heavy (non-hydrogen) atoms. The Bertz CT molecular complexity index is 349. The van der Waals surface area contributed by atoms with E-state index in [-0.39, 0.29) is 42.6 Å². The van der Waals surface area contributed by atoms with Gasteiger partial charge in [0.2, 0.25) is 0 Å². The molecule has 0 radical (unpaired) electrons. The number of esters is 1. The number of rotatable bonds is 2. The summed E-state index contributed by atoms with van der Waals surface area (Å²) in [6, 6.07) is 3.89. The predicted octanol–water partition coefficient (Wildman–Crippen LogP) is 1.40. The van der Waals surface area contributed by atoms with E-state index >= 15 is 0 Å². The number of aromatic nitrogens is 1. The first-order valence-corrected chi connectivity index (χ1v) is 5.01. The fraction of sp³-hybridized carbons (Fsp3) is 0.455. The molecule has 1 aliphatic heterocycles. The predicted molar refractivity (Wildman–Crippen MR) is 69.8 cm³/mol. The molecule has 1 aliphatic rings. The van der Waals surface area contributed by atoms with Crippen molar-refractivity contribution in [3.05, 3.63) is 30.1 Å². The second-order valence-corrected chi connectivity index (χ2v) is 3.68. The molecule has 0 amide bonds. The molecule has 4 nitrogen and oxygen atoms in total. The van der Waals surface area contributed by atoms with E-state index in [2.05, 4.69) is 10.3 Å². The summed E-state index contributed by atoms with van der Waals surface area (Å²) >= 11 is 0. The van der Waals surface area contributed by atoms with Gasteiger partial charge in [0.25, 0.3) is 0 Å². The average molecular weight is 279 g/mol. The molecule has 96 valence electrons. The third kappa shape index (κ3) is 3.56. The molecule has 0 saturated carbocycles. The number of hydrogen-bond donors (Lipinski definition) is 1. The standard InChI is InChI=1S/C11H14N2O2.2ClH/c1-15-11(14)10-7-13-6-9(10)8-3-2-4-12-5-8;;/h2-5,9-10,13H,6-7H2,1H3;2*1H. The summed E-state index contributed by atoms with van der Waals surface area (Å²) in [7, 11) is 1.43. The Labute approximate surface area is 113 Å². The smallest absolute Gasteiger partial charge is 0.310 e. The Morgan fingerprint density at radius 3 is 2.82 bits per heavy atom. The number of nitrogens with one attached hydrogen (secondary N) is 1. The van der Waals surface area contributed by atoms with Gasteiger partial charge in [0, 0.05) is 31.4 Å². The van der Waals surface area contributed by atoms with Gasteiger partial charge in [0.15, 0.2) is 0 Å². The van der Waals surface area contributed by atoms with Gasteiger partial charge in [0.1, 0.15) is 0 Å². The van der Waals surface area contributed by atoms with Crippen molar-refractivity contribution in [3.8, 4) is 0 Å². The van der Waals surface area contributed by atoms with E-state index in [1.165, 1.54) is 7.11 Å². The topological polar surface area (TPSA) is 51.2 Å². The largest absolute Gasteiger partial charge is 0.469 e. The van der Waals surface area contributed by atoms with Gasteiger partial charge >= 0.3 is 5.97 Å². The lowest BCUT2D eigenvalue weighted by Gasteiger charge is -2.15. The molecule has 2 heterocycles. The SMILES string of the molecule is COC(=O)C1CNCC1c1cccnc1.Cl.Cl. The molecule has 1 N–H and O–H groups in total. The van der Waals surface area contributed by atoms with Gasteiger partial charge in [0.05, 0.1) is 13.0 Å². The van der Waals surface area contributed by atoms with Crippen molar-refractivity contribution in [1.82, 2.24) is 10.3 Å². The summed E-state index contributed by atoms with van der Waals surface area (Å²) in [5.41, 5.74) is 1.10. The number of ether oxygens (including phenoxy) is 1. The molecule has 1 fully saturated rings. The molecule has 2 unspecified atom stereocenters. The molecule has 0 bridgehead atoms. The maximum absolute atomic E-state index is 11.5. The fourth-order valence-electron chi connectivity index (χ4n) is 2.02. The van der Waals surface area contributed by atoms with Crippen LogP contribution in [0.1, 0.15) is 11.5 Å². The number of methoxy groups -OCH3 is 1. The molecule has 2 atom stereocenters. The number of halogens is 2. The van der Waals surface area contributed by atoms with Gasteiger partial charge in [-0.15, -0.1) is 24.8 Å². The summed E-state index contributed by atoms with van der Waals surface area (Å²) < 4.78 is 4.79. The van der Waals surface area contributed by atoms with Gasteiger partial charge in [-0.25, -0.2) is 0 Å². The lowest BCUT2D eigenvalue weighted by atomic mass is 9.90. The Hall–Kier alpha value is -0.840. The number of pyridine rings is 1. The number of hydrogen-bond acceptors (Lipinski definition) is 4. The highest BCUT2D eigenvalue weighted by Crippen LogP contribution is 2.28. The lowest BCUT2D eigenvalue weighted by Crippen LogP contribution is -2.22. The number of nitrogens with zero attached hydrogens (tertiary/aromatic N) is 1. The Morgan fingerprint density at radius 1 is 1.47 bits per heavy atom. The summed E-state index contributed by atoms with van der Waals surface area (Å²) in [4.78, 5) is 15.6. The van der Waals surface area contributed by atoms with Crippen LogP contribution in [0.5, 0.6) is 0 Å². The minimum absolute atomic E-state index is 0. The van der Waals surface area contributed by atoms with Crippen LogP contribution in [0.4, 0.5) is 0 Å². The van der Waals surface area contributed by atoms with Crippen LogP contribution in [0.2, 0.25) is 0 Å². The van der Waals surface area contributed by atoms with Crippen molar-refractivity contribution < 1.29 is 9.53 Å². The Balaban J connectivity index is 0.00000128. The van der Waals surface area contributed by atoms with Crippen molar-refractivity contribution in [2.24, 2.45) is 5.92 Å². The average Bonchev–Trinajstić information content (AvgIpc) is 2.78. The number of carbonyl (C=O) groups excluding carboxylic acids is 1. The molecule has 0 aromatic carbocycles. The third-order valence-corrected chi connectivity index (χ3v) is 2.83. The minimum Gasteiger partial charge on any atom is -0.469 e. The highest BCUT2D eigenvalue weighted by Gasteiger charge is 2.34. The van der Waals surface area contributed by atoms with E-state index in [1.807, 2.05) is 18.3 Å². The molecule has 6 heteroatoms. The van der Waals surface area contributed by atoms with E-state index in [0.717, 1.165) is 12.1 Å². The van der Waals surface area contributed by atoms with Crippen LogP contribution in [-0.4, -0.2) is 31.2 Å². The zero-order valence-electron chi connectivity index (χ0n) is 9.46. The molecular weight excluding hydrogens is 263 g/mol. The van der Waals surface area contributed by atoms with Crippen molar-refractivity contribution >= 4 is 30.8 Å².